The molecule has 0 spiro atoms. The summed E-state index contributed by atoms with van der Waals surface area (Å²) in [6, 6.07) is 9.95. The van der Waals surface area contributed by atoms with Crippen LogP contribution in [0.15, 0.2) is 36.4 Å². The normalized spacial score (nSPS) is 11.7. The molecule has 0 aliphatic rings. The first kappa shape index (κ1) is 18.3. The molecule has 0 radical (unpaired) electrons. The van der Waals surface area contributed by atoms with Crippen LogP contribution in [0.25, 0.3) is 0 Å². The summed E-state index contributed by atoms with van der Waals surface area (Å²) < 4.78 is 5.21. The molecule has 1 N–H and O–H groups in total. The lowest BCUT2D eigenvalue weighted by atomic mass is 10.1. The second-order valence-corrected chi connectivity index (χ2v) is 6.30. The molecule has 6 heteroatoms. The Labute approximate surface area is 150 Å². The molecule has 4 nitrogen and oxygen atoms in total. The number of esters is 1. The smallest absolute Gasteiger partial charge is 0.338 e. The number of hydrogen-bond donors (Lipinski definition) is 1. The van der Waals surface area contributed by atoms with Gasteiger partial charge in [0.2, 0.25) is 0 Å². The highest BCUT2D eigenvalue weighted by Crippen LogP contribution is 2.25. The maximum Gasteiger partial charge on any atom is 0.338 e. The van der Waals surface area contributed by atoms with E-state index in [-0.39, 0.29) is 0 Å². The van der Waals surface area contributed by atoms with E-state index in [0.717, 1.165) is 11.1 Å². The quantitative estimate of drug-likeness (QED) is 0.792. The fourth-order valence-corrected chi connectivity index (χ4v) is 2.43. The number of anilines is 1. The Morgan fingerprint density at radius 1 is 1.04 bits per heavy atom. The third kappa shape index (κ3) is 4.49. The summed E-state index contributed by atoms with van der Waals surface area (Å²) in [6.07, 6.45) is -0.967. The van der Waals surface area contributed by atoms with Gasteiger partial charge >= 0.3 is 5.97 Å². The molecule has 1 amide bonds. The van der Waals surface area contributed by atoms with Crippen molar-refractivity contribution in [1.29, 1.82) is 0 Å². The molecule has 0 bridgehead atoms. The lowest BCUT2D eigenvalue weighted by Gasteiger charge is -2.14. The van der Waals surface area contributed by atoms with E-state index in [4.69, 9.17) is 27.9 Å². The third-order valence-corrected chi connectivity index (χ3v) is 4.13. The van der Waals surface area contributed by atoms with Gasteiger partial charge in [-0.05, 0) is 62.2 Å². The van der Waals surface area contributed by atoms with Gasteiger partial charge < -0.3 is 10.1 Å². The van der Waals surface area contributed by atoms with Crippen LogP contribution in [-0.4, -0.2) is 18.0 Å². The molecule has 126 valence electrons. The number of carbonyl (C=O) groups is 2. The average Bonchev–Trinajstić information content (AvgIpc) is 2.52. The van der Waals surface area contributed by atoms with Crippen LogP contribution in [0.5, 0.6) is 0 Å². The highest BCUT2D eigenvalue weighted by Gasteiger charge is 2.20. The van der Waals surface area contributed by atoms with Gasteiger partial charge in [-0.2, -0.15) is 0 Å². The van der Waals surface area contributed by atoms with Gasteiger partial charge in [-0.15, -0.1) is 0 Å². The first-order valence-electron chi connectivity index (χ1n) is 7.32. The van der Waals surface area contributed by atoms with E-state index in [0.29, 0.717) is 21.3 Å². The fourth-order valence-electron chi connectivity index (χ4n) is 1.98. The fraction of sp³-hybridized carbons (Fsp3) is 0.222. The summed E-state index contributed by atoms with van der Waals surface area (Å²) >= 11 is 11.8. The van der Waals surface area contributed by atoms with Gasteiger partial charge in [0.15, 0.2) is 6.10 Å². The van der Waals surface area contributed by atoms with Crippen LogP contribution in [-0.2, 0) is 9.53 Å². The highest BCUT2D eigenvalue weighted by molar-refractivity contribution is 6.36. The molecule has 0 saturated carbocycles. The van der Waals surface area contributed by atoms with E-state index in [1.165, 1.54) is 13.0 Å². The van der Waals surface area contributed by atoms with Gasteiger partial charge in [0, 0.05) is 5.02 Å². The minimum absolute atomic E-state index is 0.309. The van der Waals surface area contributed by atoms with E-state index in [1.54, 1.807) is 24.3 Å². The SMILES string of the molecule is Cc1ccc(C(=O)O[C@@H](C)C(=O)Nc2ccc(Cl)cc2Cl)cc1C. The van der Waals surface area contributed by atoms with E-state index >= 15 is 0 Å². The predicted molar refractivity (Wildman–Crippen MR) is 95.9 cm³/mol. The Bertz CT molecular complexity index is 790. The lowest BCUT2D eigenvalue weighted by Crippen LogP contribution is -2.30. The molecule has 0 aromatic heterocycles. The van der Waals surface area contributed by atoms with Gasteiger partial charge in [-0.25, -0.2) is 4.79 Å². The van der Waals surface area contributed by atoms with E-state index in [2.05, 4.69) is 5.32 Å². The van der Waals surface area contributed by atoms with Gasteiger partial charge in [-0.1, -0.05) is 29.3 Å². The summed E-state index contributed by atoms with van der Waals surface area (Å²) in [7, 11) is 0. The summed E-state index contributed by atoms with van der Waals surface area (Å²) in [5.41, 5.74) is 2.87. The molecule has 2 aromatic carbocycles. The maximum atomic E-state index is 12.2. The Kier molecular flexibility index (Phi) is 5.86. The zero-order chi connectivity index (χ0) is 17.9. The number of benzene rings is 2. The predicted octanol–water partition coefficient (Wildman–Crippen LogP) is 4.79. The Morgan fingerprint density at radius 2 is 1.75 bits per heavy atom. The van der Waals surface area contributed by atoms with Crippen LogP contribution in [0.2, 0.25) is 10.0 Å². The first-order chi connectivity index (χ1) is 11.3. The third-order valence-electron chi connectivity index (χ3n) is 3.58. The molecule has 0 aliphatic carbocycles. The molecule has 1 atom stereocenters. The summed E-state index contributed by atoms with van der Waals surface area (Å²) in [5.74, 6) is -1.03. The van der Waals surface area contributed by atoms with Gasteiger partial charge in [-0.3, -0.25) is 4.79 Å². The zero-order valence-electron chi connectivity index (χ0n) is 13.5. The molecule has 0 heterocycles. The van der Waals surface area contributed by atoms with E-state index < -0.39 is 18.0 Å². The van der Waals surface area contributed by atoms with Crippen LogP contribution < -0.4 is 5.32 Å². The van der Waals surface area contributed by atoms with Crippen molar-refractivity contribution in [1.82, 2.24) is 0 Å². The van der Waals surface area contributed by atoms with Gasteiger partial charge in [0.1, 0.15) is 0 Å². The Balaban J connectivity index is 2.02. The molecule has 0 saturated heterocycles. The number of aryl methyl sites for hydroxylation is 2. The Hall–Kier alpha value is -2.04. The van der Waals surface area contributed by atoms with Crippen LogP contribution in [0.1, 0.15) is 28.4 Å². The lowest BCUT2D eigenvalue weighted by molar-refractivity contribution is -0.123. The number of hydrogen-bond acceptors (Lipinski definition) is 3. The second kappa shape index (κ2) is 7.69. The van der Waals surface area contributed by atoms with Crippen molar-refractivity contribution in [2.24, 2.45) is 0 Å². The zero-order valence-corrected chi connectivity index (χ0v) is 15.0. The molecular formula is C18H17Cl2NO3. The van der Waals surface area contributed by atoms with E-state index in [9.17, 15) is 9.59 Å². The van der Waals surface area contributed by atoms with Crippen molar-refractivity contribution >= 4 is 40.8 Å². The number of carbonyl (C=O) groups excluding carboxylic acids is 2. The monoisotopic (exact) mass is 365 g/mol. The average molecular weight is 366 g/mol. The van der Waals surface area contributed by atoms with Crippen molar-refractivity contribution in [3.63, 3.8) is 0 Å². The van der Waals surface area contributed by atoms with Crippen molar-refractivity contribution in [2.75, 3.05) is 5.32 Å². The topological polar surface area (TPSA) is 55.4 Å². The summed E-state index contributed by atoms with van der Waals surface area (Å²) in [5, 5.41) is 3.38. The highest BCUT2D eigenvalue weighted by atomic mass is 35.5. The second-order valence-electron chi connectivity index (χ2n) is 5.46. The minimum atomic E-state index is -0.967. The number of rotatable bonds is 4. The summed E-state index contributed by atoms with van der Waals surface area (Å²) in [6.45, 7) is 5.36. The van der Waals surface area contributed by atoms with E-state index in [1.807, 2.05) is 19.9 Å². The molecule has 0 aliphatic heterocycles. The largest absolute Gasteiger partial charge is 0.449 e. The number of halogens is 2. The molecular weight excluding hydrogens is 349 g/mol. The Morgan fingerprint density at radius 3 is 2.38 bits per heavy atom. The standard InChI is InChI=1S/C18H17Cl2NO3/c1-10-4-5-13(8-11(10)2)18(23)24-12(3)17(22)21-16-7-6-14(19)9-15(16)20/h4-9,12H,1-3H3,(H,21,22)/t12-/m0/s1. The number of ether oxygens (including phenoxy) is 1. The summed E-state index contributed by atoms with van der Waals surface area (Å²) in [4.78, 5) is 24.3. The molecule has 2 aromatic rings. The van der Waals surface area contributed by atoms with Crippen molar-refractivity contribution in [2.45, 2.75) is 26.9 Å². The van der Waals surface area contributed by atoms with Crippen LogP contribution >= 0.6 is 23.2 Å². The molecule has 0 unspecified atom stereocenters. The van der Waals surface area contributed by atoms with Crippen molar-refractivity contribution < 1.29 is 14.3 Å². The van der Waals surface area contributed by atoms with Crippen molar-refractivity contribution in [3.05, 3.63) is 63.1 Å². The minimum Gasteiger partial charge on any atom is -0.449 e. The first-order valence-corrected chi connectivity index (χ1v) is 8.07. The molecule has 24 heavy (non-hydrogen) atoms. The van der Waals surface area contributed by atoms with Gasteiger partial charge in [0.05, 0.1) is 16.3 Å². The molecule has 2 rings (SSSR count). The van der Waals surface area contributed by atoms with Crippen LogP contribution in [0.3, 0.4) is 0 Å². The van der Waals surface area contributed by atoms with Gasteiger partial charge in [0.25, 0.3) is 5.91 Å². The maximum absolute atomic E-state index is 12.2. The molecule has 0 fully saturated rings. The van der Waals surface area contributed by atoms with Crippen LogP contribution in [0, 0.1) is 13.8 Å². The number of nitrogens with one attached hydrogen (secondary N) is 1. The number of amides is 1. The van der Waals surface area contributed by atoms with Crippen LogP contribution in [0.4, 0.5) is 5.69 Å². The van der Waals surface area contributed by atoms with Crippen molar-refractivity contribution in [3.8, 4) is 0 Å².